The van der Waals surface area contributed by atoms with Crippen LogP contribution >= 0.6 is 11.6 Å². The molecule has 0 amide bonds. The van der Waals surface area contributed by atoms with Crippen molar-refractivity contribution in [1.29, 1.82) is 5.26 Å². The highest BCUT2D eigenvalue weighted by molar-refractivity contribution is 6.17. The Morgan fingerprint density at radius 3 is 3.09 bits per heavy atom. The average Bonchev–Trinajstić information content (AvgIpc) is 2.06. The fraction of sp³-hybridized carbons (Fsp3) is 0.250. The van der Waals surface area contributed by atoms with E-state index in [0.29, 0.717) is 12.3 Å². The van der Waals surface area contributed by atoms with Gasteiger partial charge in [0.1, 0.15) is 0 Å². The SMILES string of the molecule is N#CCc1cccnc1CCl. The summed E-state index contributed by atoms with van der Waals surface area (Å²) in [5.74, 6) is 0.373. The molecule has 1 rings (SSSR count). The molecule has 0 saturated carbocycles. The molecule has 0 spiro atoms. The van der Waals surface area contributed by atoms with E-state index in [-0.39, 0.29) is 0 Å². The number of hydrogen-bond donors (Lipinski definition) is 0. The van der Waals surface area contributed by atoms with E-state index in [1.54, 1.807) is 6.20 Å². The van der Waals surface area contributed by atoms with Gasteiger partial charge in [-0.1, -0.05) is 6.07 Å². The highest BCUT2D eigenvalue weighted by Gasteiger charge is 1.99. The highest BCUT2D eigenvalue weighted by atomic mass is 35.5. The van der Waals surface area contributed by atoms with Crippen molar-refractivity contribution < 1.29 is 0 Å². The number of pyridine rings is 1. The molecule has 0 bridgehead atoms. The number of hydrogen-bond acceptors (Lipinski definition) is 2. The molecule has 1 aromatic rings. The summed E-state index contributed by atoms with van der Waals surface area (Å²) in [5, 5.41) is 8.42. The van der Waals surface area contributed by atoms with Gasteiger partial charge in [0.25, 0.3) is 0 Å². The van der Waals surface area contributed by atoms with Gasteiger partial charge in [0.05, 0.1) is 24.1 Å². The third kappa shape index (κ3) is 1.92. The maximum atomic E-state index is 8.42. The van der Waals surface area contributed by atoms with Crippen molar-refractivity contribution in [3.8, 4) is 6.07 Å². The predicted molar refractivity (Wildman–Crippen MR) is 43.1 cm³/mol. The van der Waals surface area contributed by atoms with Crippen LogP contribution in [0.2, 0.25) is 0 Å². The standard InChI is InChI=1S/C8H7ClN2/c9-6-8-7(3-4-10)2-1-5-11-8/h1-2,5H,3,6H2. The molecular weight excluding hydrogens is 160 g/mol. The molecule has 0 fully saturated rings. The molecule has 0 aliphatic heterocycles. The van der Waals surface area contributed by atoms with Crippen LogP contribution in [0.25, 0.3) is 0 Å². The topological polar surface area (TPSA) is 36.7 Å². The summed E-state index contributed by atoms with van der Waals surface area (Å²) < 4.78 is 0. The maximum absolute atomic E-state index is 8.42. The fourth-order valence-corrected chi connectivity index (χ4v) is 1.08. The summed E-state index contributed by atoms with van der Waals surface area (Å²) in [6.07, 6.45) is 2.06. The normalized spacial score (nSPS) is 9.09. The first-order chi connectivity index (χ1) is 5.38. The van der Waals surface area contributed by atoms with Crippen molar-refractivity contribution in [3.05, 3.63) is 29.6 Å². The van der Waals surface area contributed by atoms with Crippen molar-refractivity contribution >= 4 is 11.6 Å². The molecule has 1 heterocycles. The molecule has 0 atom stereocenters. The van der Waals surface area contributed by atoms with Crippen LogP contribution in [0.5, 0.6) is 0 Å². The van der Waals surface area contributed by atoms with Gasteiger partial charge in [0.15, 0.2) is 0 Å². The van der Waals surface area contributed by atoms with Crippen LogP contribution in [0, 0.1) is 11.3 Å². The minimum Gasteiger partial charge on any atom is -0.260 e. The van der Waals surface area contributed by atoms with Gasteiger partial charge in [-0.15, -0.1) is 11.6 Å². The lowest BCUT2D eigenvalue weighted by molar-refractivity contribution is 1.08. The molecule has 1 aromatic heterocycles. The first-order valence-electron chi connectivity index (χ1n) is 3.24. The minimum atomic E-state index is 0.373. The van der Waals surface area contributed by atoms with Gasteiger partial charge >= 0.3 is 0 Å². The molecule has 0 aliphatic carbocycles. The third-order valence-electron chi connectivity index (χ3n) is 1.38. The number of rotatable bonds is 2. The first-order valence-corrected chi connectivity index (χ1v) is 3.77. The quantitative estimate of drug-likeness (QED) is 0.630. The van der Waals surface area contributed by atoms with Gasteiger partial charge in [-0.3, -0.25) is 4.98 Å². The molecule has 3 heteroatoms. The molecule has 0 aromatic carbocycles. The van der Waals surface area contributed by atoms with Gasteiger partial charge in [0, 0.05) is 6.20 Å². The maximum Gasteiger partial charge on any atom is 0.0670 e. The van der Waals surface area contributed by atoms with Gasteiger partial charge in [-0.2, -0.15) is 5.26 Å². The predicted octanol–water partition coefficient (Wildman–Crippen LogP) is 1.89. The lowest BCUT2D eigenvalue weighted by Crippen LogP contribution is -1.92. The second-order valence-electron chi connectivity index (χ2n) is 2.08. The highest BCUT2D eigenvalue weighted by Crippen LogP contribution is 2.07. The van der Waals surface area contributed by atoms with Gasteiger partial charge in [-0.05, 0) is 11.6 Å². The van der Waals surface area contributed by atoms with Crippen molar-refractivity contribution in [1.82, 2.24) is 4.98 Å². The van der Waals surface area contributed by atoms with E-state index < -0.39 is 0 Å². The van der Waals surface area contributed by atoms with Crippen molar-refractivity contribution in [2.75, 3.05) is 0 Å². The van der Waals surface area contributed by atoms with Crippen LogP contribution in [0.15, 0.2) is 18.3 Å². The van der Waals surface area contributed by atoms with Crippen LogP contribution < -0.4 is 0 Å². The summed E-state index contributed by atoms with van der Waals surface area (Å²) >= 11 is 5.60. The second kappa shape index (κ2) is 3.95. The summed E-state index contributed by atoms with van der Waals surface area (Å²) in [7, 11) is 0. The van der Waals surface area contributed by atoms with E-state index in [0.717, 1.165) is 11.3 Å². The van der Waals surface area contributed by atoms with E-state index in [1.165, 1.54) is 0 Å². The Morgan fingerprint density at radius 2 is 2.45 bits per heavy atom. The zero-order chi connectivity index (χ0) is 8.10. The van der Waals surface area contributed by atoms with E-state index in [9.17, 15) is 0 Å². The van der Waals surface area contributed by atoms with E-state index >= 15 is 0 Å². The zero-order valence-electron chi connectivity index (χ0n) is 5.92. The summed E-state index contributed by atoms with van der Waals surface area (Å²) in [5.41, 5.74) is 1.72. The largest absolute Gasteiger partial charge is 0.260 e. The number of halogens is 1. The average molecular weight is 167 g/mol. The summed E-state index contributed by atoms with van der Waals surface area (Å²) in [6.45, 7) is 0. The Kier molecular flexibility index (Phi) is 2.88. The van der Waals surface area contributed by atoms with Gasteiger partial charge < -0.3 is 0 Å². The first kappa shape index (κ1) is 8.03. The summed E-state index contributed by atoms with van der Waals surface area (Å²) in [4.78, 5) is 4.03. The molecule has 0 N–H and O–H groups in total. The Labute approximate surface area is 70.4 Å². The van der Waals surface area contributed by atoms with Gasteiger partial charge in [0.2, 0.25) is 0 Å². The Balaban J connectivity index is 2.94. The number of aromatic nitrogens is 1. The van der Waals surface area contributed by atoms with Crippen LogP contribution in [0.1, 0.15) is 11.3 Å². The molecular formula is C8H7ClN2. The third-order valence-corrected chi connectivity index (χ3v) is 1.63. The Morgan fingerprint density at radius 1 is 1.64 bits per heavy atom. The Hall–Kier alpha value is -1.07. The van der Waals surface area contributed by atoms with E-state index in [4.69, 9.17) is 16.9 Å². The Bertz CT molecular complexity index is 278. The number of alkyl halides is 1. The van der Waals surface area contributed by atoms with Crippen LogP contribution in [-0.2, 0) is 12.3 Å². The fourth-order valence-electron chi connectivity index (χ4n) is 0.838. The van der Waals surface area contributed by atoms with Crippen LogP contribution in [-0.4, -0.2) is 4.98 Å². The van der Waals surface area contributed by atoms with E-state index in [2.05, 4.69) is 11.1 Å². The molecule has 0 aliphatic rings. The number of nitrogens with zero attached hydrogens (tertiary/aromatic N) is 2. The van der Waals surface area contributed by atoms with E-state index in [1.807, 2.05) is 12.1 Å². The monoisotopic (exact) mass is 166 g/mol. The molecule has 56 valence electrons. The van der Waals surface area contributed by atoms with Gasteiger partial charge in [-0.25, -0.2) is 0 Å². The molecule has 0 radical (unpaired) electrons. The molecule has 11 heavy (non-hydrogen) atoms. The van der Waals surface area contributed by atoms with Crippen molar-refractivity contribution in [2.24, 2.45) is 0 Å². The second-order valence-corrected chi connectivity index (χ2v) is 2.35. The minimum absolute atomic E-state index is 0.373. The zero-order valence-corrected chi connectivity index (χ0v) is 6.67. The molecule has 0 unspecified atom stereocenters. The smallest absolute Gasteiger partial charge is 0.0670 e. The van der Waals surface area contributed by atoms with Crippen molar-refractivity contribution in [3.63, 3.8) is 0 Å². The summed E-state index contributed by atoms with van der Waals surface area (Å²) in [6, 6.07) is 5.74. The lowest BCUT2D eigenvalue weighted by Gasteiger charge is -1.99. The van der Waals surface area contributed by atoms with Crippen molar-refractivity contribution in [2.45, 2.75) is 12.3 Å². The van der Waals surface area contributed by atoms with Crippen LogP contribution in [0.3, 0.4) is 0 Å². The molecule has 0 saturated heterocycles. The lowest BCUT2D eigenvalue weighted by atomic mass is 10.1. The number of nitriles is 1. The van der Waals surface area contributed by atoms with Crippen LogP contribution in [0.4, 0.5) is 0 Å². The molecule has 2 nitrogen and oxygen atoms in total.